The van der Waals surface area contributed by atoms with Gasteiger partial charge < -0.3 is 15.0 Å². The maximum Gasteiger partial charge on any atom is 0.318 e. The first kappa shape index (κ1) is 20.3. The number of ether oxygens (including phenoxy) is 1. The van der Waals surface area contributed by atoms with Gasteiger partial charge in [-0.05, 0) is 43.5 Å². The number of carbonyl (C=O) groups excluding carboxylic acids is 2. The molecule has 0 fully saturated rings. The van der Waals surface area contributed by atoms with Crippen molar-refractivity contribution in [2.24, 2.45) is 0 Å². The molecule has 0 saturated heterocycles. The summed E-state index contributed by atoms with van der Waals surface area (Å²) in [5.41, 5.74) is 2.88. The van der Waals surface area contributed by atoms with Crippen molar-refractivity contribution in [1.29, 1.82) is 0 Å². The number of halogens is 1. The van der Waals surface area contributed by atoms with Crippen LogP contribution in [0.25, 0.3) is 10.2 Å². The van der Waals surface area contributed by atoms with Crippen LogP contribution in [0.1, 0.15) is 40.7 Å². The van der Waals surface area contributed by atoms with Crippen LogP contribution in [0.4, 0.5) is 0 Å². The third-order valence-electron chi connectivity index (χ3n) is 4.98. The molecule has 0 aliphatic heterocycles. The minimum atomic E-state index is -0.316. The number of fused-ring (bicyclic) bond motifs is 2. The van der Waals surface area contributed by atoms with Crippen LogP contribution in [0.3, 0.4) is 0 Å². The molecule has 4 rings (SSSR count). The Balaban J connectivity index is 1.53. The van der Waals surface area contributed by atoms with E-state index in [0.29, 0.717) is 16.6 Å². The van der Waals surface area contributed by atoms with E-state index < -0.39 is 0 Å². The number of aromatic amines is 1. The summed E-state index contributed by atoms with van der Waals surface area (Å²) in [4.78, 5) is 29.1. The van der Waals surface area contributed by atoms with Crippen LogP contribution in [0, 0.1) is 0 Å². The fourth-order valence-corrected chi connectivity index (χ4v) is 6.13. The summed E-state index contributed by atoms with van der Waals surface area (Å²) < 4.78 is 5.85. The van der Waals surface area contributed by atoms with E-state index in [0.717, 1.165) is 22.2 Å². The summed E-state index contributed by atoms with van der Waals surface area (Å²) in [6.45, 7) is 4.02. The molecule has 0 saturated carbocycles. The number of H-pyrrole nitrogens is 1. The summed E-state index contributed by atoms with van der Waals surface area (Å²) in [6.07, 6.45) is 0.732. The highest BCUT2D eigenvalue weighted by Gasteiger charge is 2.36. The summed E-state index contributed by atoms with van der Waals surface area (Å²) in [5.74, 6) is -0.384. The first-order valence-corrected chi connectivity index (χ1v) is 11.6. The smallest absolute Gasteiger partial charge is 0.318 e. The molecule has 1 amide bonds. The van der Waals surface area contributed by atoms with Gasteiger partial charge >= 0.3 is 5.97 Å². The minimum absolute atomic E-state index is 0.0138. The monoisotopic (exact) mass is 448 g/mol. The molecule has 0 radical (unpaired) electrons. The van der Waals surface area contributed by atoms with Gasteiger partial charge in [-0.3, -0.25) is 9.59 Å². The number of carbonyl (C=O) groups is 2. The van der Waals surface area contributed by atoms with Crippen molar-refractivity contribution >= 4 is 56.8 Å². The zero-order valence-corrected chi connectivity index (χ0v) is 18.4. The van der Waals surface area contributed by atoms with Crippen LogP contribution in [-0.2, 0) is 16.0 Å². The molecule has 29 heavy (non-hydrogen) atoms. The molecule has 5 nitrogen and oxygen atoms in total. The third kappa shape index (κ3) is 4.17. The number of benzene rings is 1. The van der Waals surface area contributed by atoms with Crippen LogP contribution in [-0.4, -0.2) is 34.8 Å². The molecule has 1 aliphatic carbocycles. The zero-order chi connectivity index (χ0) is 20.5. The van der Waals surface area contributed by atoms with Crippen LogP contribution >= 0.6 is 34.7 Å². The first-order valence-electron chi connectivity index (χ1n) is 9.45. The molecule has 2 heterocycles. The Kier molecular flexibility index (Phi) is 5.90. The van der Waals surface area contributed by atoms with Crippen LogP contribution in [0.15, 0.2) is 36.4 Å². The van der Waals surface area contributed by atoms with E-state index in [1.54, 1.807) is 6.92 Å². The number of aromatic nitrogens is 1. The van der Waals surface area contributed by atoms with Gasteiger partial charge in [0.2, 0.25) is 0 Å². The maximum atomic E-state index is 12.9. The topological polar surface area (TPSA) is 71.2 Å². The van der Waals surface area contributed by atoms with Crippen molar-refractivity contribution in [3.8, 4) is 0 Å². The van der Waals surface area contributed by atoms with Crippen molar-refractivity contribution in [2.45, 2.75) is 36.8 Å². The van der Waals surface area contributed by atoms with Crippen LogP contribution < -0.4 is 5.32 Å². The van der Waals surface area contributed by atoms with E-state index in [-0.39, 0.29) is 28.4 Å². The number of thiophene rings is 1. The van der Waals surface area contributed by atoms with Gasteiger partial charge in [-0.15, -0.1) is 23.1 Å². The first-order chi connectivity index (χ1) is 14.0. The molecule has 152 valence electrons. The molecule has 3 aromatic rings. The fraction of sp³-hybridized carbons (Fsp3) is 0.333. The Morgan fingerprint density at radius 3 is 2.93 bits per heavy atom. The Morgan fingerprint density at radius 2 is 2.17 bits per heavy atom. The zero-order valence-electron chi connectivity index (χ0n) is 16.0. The lowest BCUT2D eigenvalue weighted by molar-refractivity contribution is -0.142. The standard InChI is InChI=1S/C21H21ClN2O3S2/c1-3-27-21(26)11(2)28-18-14-7-5-4-6-12(14)8-15(18)23-19(25)16-9-13-10-17(22)29-20(13)24-16/h4-7,9-11,15,18,24H,3,8H2,1-2H3,(H,23,25)/t11-,15-,18-/m1/s1. The number of esters is 1. The maximum absolute atomic E-state index is 12.9. The molecule has 2 aromatic heterocycles. The summed E-state index contributed by atoms with van der Waals surface area (Å²) in [6, 6.07) is 11.7. The quantitative estimate of drug-likeness (QED) is 0.522. The highest BCUT2D eigenvalue weighted by Crippen LogP contribution is 2.43. The summed E-state index contributed by atoms with van der Waals surface area (Å²) in [7, 11) is 0. The number of hydrogen-bond acceptors (Lipinski definition) is 5. The molecular formula is C21H21ClN2O3S2. The molecule has 0 unspecified atom stereocenters. The van der Waals surface area contributed by atoms with Gasteiger partial charge in [0.05, 0.1) is 16.2 Å². The Morgan fingerprint density at radius 1 is 1.38 bits per heavy atom. The van der Waals surface area contributed by atoms with Gasteiger partial charge in [0.15, 0.2) is 0 Å². The SMILES string of the molecule is CCOC(=O)[C@@H](C)S[C@@H]1c2ccccc2C[C@H]1NC(=O)c1cc2cc(Cl)sc2[nH]1. The molecule has 1 aromatic carbocycles. The Labute approximate surface area is 182 Å². The number of hydrogen-bond donors (Lipinski definition) is 2. The second kappa shape index (κ2) is 8.42. The minimum Gasteiger partial charge on any atom is -0.465 e. The van der Waals surface area contributed by atoms with Crippen molar-refractivity contribution < 1.29 is 14.3 Å². The molecule has 0 bridgehead atoms. The average Bonchev–Trinajstić information content (AvgIpc) is 3.33. The van der Waals surface area contributed by atoms with Gasteiger partial charge in [-0.1, -0.05) is 35.9 Å². The van der Waals surface area contributed by atoms with E-state index in [4.69, 9.17) is 16.3 Å². The van der Waals surface area contributed by atoms with E-state index in [1.165, 1.54) is 28.7 Å². The predicted octanol–water partition coefficient (Wildman–Crippen LogP) is 4.96. The molecule has 1 aliphatic rings. The number of rotatable bonds is 6. The van der Waals surface area contributed by atoms with Crippen molar-refractivity contribution in [1.82, 2.24) is 10.3 Å². The number of nitrogens with one attached hydrogen (secondary N) is 2. The number of amides is 1. The molecule has 8 heteroatoms. The van der Waals surface area contributed by atoms with Crippen molar-refractivity contribution in [3.63, 3.8) is 0 Å². The van der Waals surface area contributed by atoms with Crippen LogP contribution in [0.2, 0.25) is 4.34 Å². The molecule has 0 spiro atoms. The lowest BCUT2D eigenvalue weighted by atomic mass is 10.1. The number of thioether (sulfide) groups is 1. The van der Waals surface area contributed by atoms with E-state index in [1.807, 2.05) is 31.2 Å². The Hall–Kier alpha value is -1.96. The van der Waals surface area contributed by atoms with Gasteiger partial charge in [-0.2, -0.15) is 0 Å². The van der Waals surface area contributed by atoms with Crippen molar-refractivity contribution in [3.05, 3.63) is 57.6 Å². The van der Waals surface area contributed by atoms with Crippen LogP contribution in [0.5, 0.6) is 0 Å². The second-order valence-electron chi connectivity index (χ2n) is 6.95. The molecule has 2 N–H and O–H groups in total. The molecule has 3 atom stereocenters. The van der Waals surface area contributed by atoms with E-state index in [9.17, 15) is 9.59 Å². The highest BCUT2D eigenvalue weighted by molar-refractivity contribution is 8.00. The van der Waals surface area contributed by atoms with Gasteiger partial charge in [-0.25, -0.2) is 0 Å². The van der Waals surface area contributed by atoms with Gasteiger partial charge in [0, 0.05) is 11.4 Å². The van der Waals surface area contributed by atoms with Gasteiger partial charge in [0.1, 0.15) is 15.8 Å². The average molecular weight is 449 g/mol. The third-order valence-corrected chi connectivity index (χ3v) is 7.65. The highest BCUT2D eigenvalue weighted by atomic mass is 35.5. The summed E-state index contributed by atoms with van der Waals surface area (Å²) >= 11 is 8.97. The Bertz CT molecular complexity index is 1030. The van der Waals surface area contributed by atoms with Crippen molar-refractivity contribution in [2.75, 3.05) is 6.61 Å². The van der Waals surface area contributed by atoms with Gasteiger partial charge in [0.25, 0.3) is 5.91 Å². The largest absolute Gasteiger partial charge is 0.465 e. The lowest BCUT2D eigenvalue weighted by Gasteiger charge is -2.23. The van der Waals surface area contributed by atoms with E-state index >= 15 is 0 Å². The second-order valence-corrected chi connectivity index (χ2v) is 10.1. The predicted molar refractivity (Wildman–Crippen MR) is 119 cm³/mol. The fourth-order valence-electron chi connectivity index (χ4n) is 3.65. The normalized spacial score (nSPS) is 19.1. The lowest BCUT2D eigenvalue weighted by Crippen LogP contribution is -2.38. The molecular weight excluding hydrogens is 428 g/mol. The summed E-state index contributed by atoms with van der Waals surface area (Å²) in [5, 5.41) is 3.76. The van der Waals surface area contributed by atoms with E-state index in [2.05, 4.69) is 22.4 Å².